The van der Waals surface area contributed by atoms with Gasteiger partial charge in [0.05, 0.1) is 17.4 Å². The van der Waals surface area contributed by atoms with E-state index in [1.807, 2.05) is 44.0 Å². The van der Waals surface area contributed by atoms with Crippen molar-refractivity contribution in [1.29, 1.82) is 0 Å². The Hall–Kier alpha value is -3.09. The molecule has 0 spiro atoms. The van der Waals surface area contributed by atoms with Crippen molar-refractivity contribution in [2.24, 2.45) is 0 Å². The monoisotopic (exact) mass is 405 g/mol. The molecule has 0 unspecified atom stereocenters. The van der Waals surface area contributed by atoms with E-state index >= 15 is 0 Å². The van der Waals surface area contributed by atoms with Gasteiger partial charge in [0, 0.05) is 42.7 Å². The summed E-state index contributed by atoms with van der Waals surface area (Å²) in [6.45, 7) is 6.47. The number of pyridine rings is 1. The average Bonchev–Trinajstić information content (AvgIpc) is 3.10. The molecule has 1 atom stereocenters. The van der Waals surface area contributed by atoms with Crippen molar-refractivity contribution in [2.45, 2.75) is 58.9 Å². The Balaban J connectivity index is 1.61. The van der Waals surface area contributed by atoms with Crippen LogP contribution in [0.25, 0.3) is 11.1 Å². The molecule has 4 rings (SSSR count). The van der Waals surface area contributed by atoms with Crippen LogP contribution in [0.5, 0.6) is 0 Å². The molecule has 1 aliphatic heterocycles. The summed E-state index contributed by atoms with van der Waals surface area (Å²) in [6.07, 6.45) is 9.50. The van der Waals surface area contributed by atoms with Gasteiger partial charge in [-0.1, -0.05) is 5.16 Å². The Bertz CT molecular complexity index is 1010. The van der Waals surface area contributed by atoms with Crippen molar-refractivity contribution in [3.05, 3.63) is 59.3 Å². The molecule has 0 aliphatic carbocycles. The van der Waals surface area contributed by atoms with Crippen LogP contribution in [0.3, 0.4) is 0 Å². The van der Waals surface area contributed by atoms with Crippen LogP contribution in [0.1, 0.15) is 60.3 Å². The molecule has 30 heavy (non-hydrogen) atoms. The molecule has 4 heterocycles. The first-order chi connectivity index (χ1) is 14.5. The van der Waals surface area contributed by atoms with E-state index in [4.69, 9.17) is 9.51 Å². The van der Waals surface area contributed by atoms with E-state index < -0.39 is 0 Å². The zero-order chi connectivity index (χ0) is 21.1. The molecule has 0 N–H and O–H groups in total. The van der Waals surface area contributed by atoms with Gasteiger partial charge in [-0.05, 0) is 64.2 Å². The maximum atomic E-state index is 13.3. The fraction of sp³-hybridized carbons (Fsp3) is 0.435. The summed E-state index contributed by atoms with van der Waals surface area (Å²) in [5, 5.41) is 4.00. The zero-order valence-electron chi connectivity index (χ0n) is 17.8. The number of amides is 1. The number of aromatic nitrogens is 4. The van der Waals surface area contributed by atoms with Gasteiger partial charge in [0.25, 0.3) is 0 Å². The highest BCUT2D eigenvalue weighted by atomic mass is 16.5. The molecular formula is C23H27N5O2. The lowest BCUT2D eigenvalue weighted by Crippen LogP contribution is -2.39. The molecule has 0 saturated carbocycles. The van der Waals surface area contributed by atoms with Crippen LogP contribution >= 0.6 is 0 Å². The minimum Gasteiger partial charge on any atom is -0.361 e. The smallest absolute Gasteiger partial charge is 0.223 e. The van der Waals surface area contributed by atoms with E-state index in [-0.39, 0.29) is 11.9 Å². The second-order valence-electron chi connectivity index (χ2n) is 7.85. The van der Waals surface area contributed by atoms with E-state index in [1.54, 1.807) is 12.4 Å². The first kappa shape index (κ1) is 20.2. The van der Waals surface area contributed by atoms with E-state index in [2.05, 4.69) is 15.1 Å². The van der Waals surface area contributed by atoms with Crippen molar-refractivity contribution in [3.8, 4) is 11.1 Å². The quantitative estimate of drug-likeness (QED) is 0.634. The lowest BCUT2D eigenvalue weighted by Gasteiger charge is -2.36. The number of carbonyl (C=O) groups is 1. The molecule has 156 valence electrons. The summed E-state index contributed by atoms with van der Waals surface area (Å²) in [5.41, 5.74) is 4.82. The molecule has 1 saturated heterocycles. The fourth-order valence-corrected chi connectivity index (χ4v) is 4.24. The molecule has 7 heteroatoms. The topological polar surface area (TPSA) is 85.0 Å². The van der Waals surface area contributed by atoms with Gasteiger partial charge < -0.3 is 9.42 Å². The molecule has 3 aromatic heterocycles. The van der Waals surface area contributed by atoms with Gasteiger partial charge in [0.1, 0.15) is 11.6 Å². The highest BCUT2D eigenvalue weighted by Gasteiger charge is 2.31. The first-order valence-electron chi connectivity index (χ1n) is 10.5. The molecular weight excluding hydrogens is 378 g/mol. The fourth-order valence-electron chi connectivity index (χ4n) is 4.24. The number of piperidine rings is 1. The van der Waals surface area contributed by atoms with Gasteiger partial charge in [0.15, 0.2) is 0 Å². The lowest BCUT2D eigenvalue weighted by molar-refractivity contribution is -0.135. The zero-order valence-corrected chi connectivity index (χ0v) is 17.8. The van der Waals surface area contributed by atoms with Crippen LogP contribution in [-0.4, -0.2) is 37.5 Å². The van der Waals surface area contributed by atoms with Crippen molar-refractivity contribution in [1.82, 2.24) is 25.0 Å². The van der Waals surface area contributed by atoms with Gasteiger partial charge in [-0.15, -0.1) is 0 Å². The Morgan fingerprint density at radius 3 is 2.73 bits per heavy atom. The normalized spacial score (nSPS) is 16.6. The highest BCUT2D eigenvalue weighted by Crippen LogP contribution is 2.36. The van der Waals surface area contributed by atoms with E-state index in [1.165, 1.54) is 0 Å². The lowest BCUT2D eigenvalue weighted by atomic mass is 9.93. The summed E-state index contributed by atoms with van der Waals surface area (Å²) < 4.78 is 5.24. The average molecular weight is 406 g/mol. The van der Waals surface area contributed by atoms with Crippen LogP contribution in [-0.2, 0) is 11.2 Å². The number of hydrogen-bond donors (Lipinski definition) is 0. The molecule has 1 aliphatic rings. The molecule has 7 nitrogen and oxygen atoms in total. The summed E-state index contributed by atoms with van der Waals surface area (Å²) >= 11 is 0. The predicted molar refractivity (Wildman–Crippen MR) is 113 cm³/mol. The number of hydrogen-bond acceptors (Lipinski definition) is 6. The van der Waals surface area contributed by atoms with E-state index in [0.29, 0.717) is 12.8 Å². The molecule has 0 bridgehead atoms. The van der Waals surface area contributed by atoms with Crippen LogP contribution in [0.2, 0.25) is 0 Å². The summed E-state index contributed by atoms with van der Waals surface area (Å²) in [4.78, 5) is 28.6. The molecule has 0 aromatic carbocycles. The van der Waals surface area contributed by atoms with Crippen LogP contribution < -0.4 is 0 Å². The van der Waals surface area contributed by atoms with Gasteiger partial charge in [-0.3, -0.25) is 9.78 Å². The van der Waals surface area contributed by atoms with Crippen molar-refractivity contribution >= 4 is 5.91 Å². The predicted octanol–water partition coefficient (Wildman–Crippen LogP) is 4.14. The van der Waals surface area contributed by atoms with Crippen LogP contribution in [0.4, 0.5) is 0 Å². The largest absolute Gasteiger partial charge is 0.361 e. The molecule has 1 fully saturated rings. The van der Waals surface area contributed by atoms with E-state index in [0.717, 1.165) is 65.5 Å². The number of nitrogens with zero attached hydrogens (tertiary/aromatic N) is 5. The highest BCUT2D eigenvalue weighted by molar-refractivity contribution is 5.78. The number of rotatable bonds is 5. The maximum absolute atomic E-state index is 13.3. The van der Waals surface area contributed by atoms with Crippen LogP contribution in [0, 0.1) is 20.8 Å². The Morgan fingerprint density at radius 1 is 1.20 bits per heavy atom. The van der Waals surface area contributed by atoms with E-state index in [9.17, 15) is 4.79 Å². The third-order valence-corrected chi connectivity index (χ3v) is 5.84. The molecule has 3 aromatic rings. The van der Waals surface area contributed by atoms with Crippen LogP contribution in [0.15, 0.2) is 35.2 Å². The third-order valence-electron chi connectivity index (χ3n) is 5.84. The molecule has 1 amide bonds. The van der Waals surface area contributed by atoms with Gasteiger partial charge in [-0.25, -0.2) is 9.97 Å². The summed E-state index contributed by atoms with van der Waals surface area (Å²) in [6, 6.07) is 3.88. The Kier molecular flexibility index (Phi) is 5.88. The third kappa shape index (κ3) is 4.10. The summed E-state index contributed by atoms with van der Waals surface area (Å²) in [5.74, 6) is 1.66. The molecule has 0 radical (unpaired) electrons. The number of aryl methyl sites for hydroxylation is 3. The number of likely N-dealkylation sites (tertiary alicyclic amines) is 1. The second-order valence-corrected chi connectivity index (χ2v) is 7.85. The second kappa shape index (κ2) is 8.73. The minimum absolute atomic E-state index is 0.0409. The van der Waals surface area contributed by atoms with Gasteiger partial charge >= 0.3 is 0 Å². The van der Waals surface area contributed by atoms with Crippen molar-refractivity contribution < 1.29 is 9.32 Å². The first-order valence-corrected chi connectivity index (χ1v) is 10.5. The SMILES string of the molecule is Cc1ncc(-c2ccncc2)c([C@@H]2CCCCN2C(=O)CCc2c(C)noc2C)n1. The summed E-state index contributed by atoms with van der Waals surface area (Å²) in [7, 11) is 0. The minimum atomic E-state index is -0.0409. The Labute approximate surface area is 176 Å². The van der Waals surface area contributed by atoms with Gasteiger partial charge in [0.2, 0.25) is 5.91 Å². The Morgan fingerprint density at radius 2 is 2.00 bits per heavy atom. The standard InChI is InChI=1S/C23H27N5O2/c1-15-19(16(2)30-27-15)7-8-22(29)28-13-5-4-6-21(28)23-20(14-25-17(3)26-23)18-9-11-24-12-10-18/h9-12,14,21H,4-8,13H2,1-3H3/t21-/m0/s1. The maximum Gasteiger partial charge on any atom is 0.223 e. The van der Waals surface area contributed by atoms with Gasteiger partial charge in [-0.2, -0.15) is 0 Å². The number of carbonyl (C=O) groups excluding carboxylic acids is 1. The van der Waals surface area contributed by atoms with Crippen molar-refractivity contribution in [2.75, 3.05) is 6.54 Å². The van der Waals surface area contributed by atoms with Crippen molar-refractivity contribution in [3.63, 3.8) is 0 Å².